The number of Topliss-reactive ketones (excluding diaryl/α,β-unsaturated/α-hetero) is 1. The number of hydrogen-bond acceptors (Lipinski definition) is 7. The zero-order valence-corrected chi connectivity index (χ0v) is 16.3. The van der Waals surface area contributed by atoms with Crippen molar-refractivity contribution < 1.29 is 23.8 Å². The molecule has 2 aromatic carbocycles. The highest BCUT2D eigenvalue weighted by Gasteiger charge is 2.21. The second kappa shape index (κ2) is 7.61. The topological polar surface area (TPSA) is 74.7 Å². The SMILES string of the molecule is Cc1nc(-c2cccc(Cl)c2)sc1C(=O)OCC(=O)c1ccc2c(c1)OCO2. The lowest BCUT2D eigenvalue weighted by atomic mass is 10.1. The number of rotatable bonds is 5. The molecule has 0 N–H and O–H groups in total. The Kier molecular flexibility index (Phi) is 5.02. The lowest BCUT2D eigenvalue weighted by molar-refractivity contribution is 0.0478. The quantitative estimate of drug-likeness (QED) is 0.450. The molecule has 0 atom stereocenters. The first-order valence-corrected chi connectivity index (χ1v) is 9.54. The Morgan fingerprint density at radius 2 is 2.00 bits per heavy atom. The van der Waals surface area contributed by atoms with Crippen LogP contribution in [0.25, 0.3) is 10.6 Å². The van der Waals surface area contributed by atoms with Gasteiger partial charge >= 0.3 is 5.97 Å². The largest absolute Gasteiger partial charge is 0.454 e. The van der Waals surface area contributed by atoms with Crippen molar-refractivity contribution in [2.24, 2.45) is 0 Å². The smallest absolute Gasteiger partial charge is 0.350 e. The van der Waals surface area contributed by atoms with Crippen molar-refractivity contribution in [3.8, 4) is 22.1 Å². The number of aryl methyl sites for hydroxylation is 1. The number of benzene rings is 2. The van der Waals surface area contributed by atoms with Crippen LogP contribution in [0.5, 0.6) is 11.5 Å². The number of carbonyl (C=O) groups excluding carboxylic acids is 2. The van der Waals surface area contributed by atoms with E-state index in [0.29, 0.717) is 37.7 Å². The zero-order chi connectivity index (χ0) is 19.7. The molecule has 0 bridgehead atoms. The molecule has 1 aliphatic heterocycles. The Bertz CT molecular complexity index is 1080. The minimum atomic E-state index is -0.586. The molecule has 8 heteroatoms. The van der Waals surface area contributed by atoms with Crippen LogP contribution in [0.1, 0.15) is 25.7 Å². The summed E-state index contributed by atoms with van der Waals surface area (Å²) in [5, 5.41) is 1.25. The molecule has 0 spiro atoms. The molecule has 0 unspecified atom stereocenters. The number of fused-ring (bicyclic) bond motifs is 1. The molecule has 142 valence electrons. The number of hydrogen-bond donors (Lipinski definition) is 0. The fourth-order valence-electron chi connectivity index (χ4n) is 2.68. The molecule has 1 aromatic heterocycles. The summed E-state index contributed by atoms with van der Waals surface area (Å²) in [6.07, 6.45) is 0. The van der Waals surface area contributed by atoms with E-state index in [9.17, 15) is 9.59 Å². The van der Waals surface area contributed by atoms with E-state index in [1.165, 1.54) is 11.3 Å². The maximum atomic E-state index is 12.4. The van der Waals surface area contributed by atoms with E-state index in [1.807, 2.05) is 12.1 Å². The lowest BCUT2D eigenvalue weighted by Crippen LogP contribution is -2.14. The number of thiazole rings is 1. The monoisotopic (exact) mass is 415 g/mol. The highest BCUT2D eigenvalue weighted by atomic mass is 35.5. The van der Waals surface area contributed by atoms with E-state index in [0.717, 1.165) is 5.56 Å². The minimum Gasteiger partial charge on any atom is -0.454 e. The van der Waals surface area contributed by atoms with Crippen molar-refractivity contribution in [1.29, 1.82) is 0 Å². The van der Waals surface area contributed by atoms with Gasteiger partial charge < -0.3 is 14.2 Å². The first-order valence-electron chi connectivity index (χ1n) is 8.34. The maximum Gasteiger partial charge on any atom is 0.350 e. The number of nitrogens with zero attached hydrogens (tertiary/aromatic N) is 1. The van der Waals surface area contributed by atoms with Crippen molar-refractivity contribution in [3.63, 3.8) is 0 Å². The van der Waals surface area contributed by atoms with Crippen molar-refractivity contribution in [2.45, 2.75) is 6.92 Å². The van der Waals surface area contributed by atoms with Gasteiger partial charge in [-0.1, -0.05) is 23.7 Å². The number of ether oxygens (including phenoxy) is 3. The second-order valence-corrected chi connectivity index (χ2v) is 7.45. The van der Waals surface area contributed by atoms with Crippen LogP contribution in [0.3, 0.4) is 0 Å². The van der Waals surface area contributed by atoms with E-state index >= 15 is 0 Å². The molecule has 3 aromatic rings. The van der Waals surface area contributed by atoms with E-state index < -0.39 is 5.97 Å². The Morgan fingerprint density at radius 1 is 1.18 bits per heavy atom. The van der Waals surface area contributed by atoms with Gasteiger partial charge in [0.25, 0.3) is 0 Å². The first kappa shape index (κ1) is 18.5. The Hall–Kier alpha value is -2.90. The Morgan fingerprint density at radius 3 is 2.82 bits per heavy atom. The van der Waals surface area contributed by atoms with Gasteiger partial charge in [-0.3, -0.25) is 4.79 Å². The number of ketones is 1. The van der Waals surface area contributed by atoms with E-state index in [4.69, 9.17) is 25.8 Å². The second-order valence-electron chi connectivity index (χ2n) is 6.01. The van der Waals surface area contributed by atoms with Crippen LogP contribution in [0.2, 0.25) is 5.02 Å². The normalized spacial score (nSPS) is 12.1. The molecule has 0 aliphatic carbocycles. The van der Waals surface area contributed by atoms with Crippen molar-refractivity contribution in [2.75, 3.05) is 13.4 Å². The van der Waals surface area contributed by atoms with Crippen molar-refractivity contribution >= 4 is 34.7 Å². The van der Waals surface area contributed by atoms with Gasteiger partial charge in [0.15, 0.2) is 23.9 Å². The standard InChI is InChI=1S/C20H14ClNO5S/c1-11-18(28-19(22-11)13-3-2-4-14(21)7-13)20(24)25-9-15(23)12-5-6-16-17(8-12)27-10-26-16/h2-8H,9-10H2,1H3. The summed E-state index contributed by atoms with van der Waals surface area (Å²) in [7, 11) is 0. The molecule has 0 amide bonds. The maximum absolute atomic E-state index is 12.4. The molecular formula is C20H14ClNO5S. The minimum absolute atomic E-state index is 0.127. The van der Waals surface area contributed by atoms with Gasteiger partial charge in [-0.25, -0.2) is 9.78 Å². The van der Waals surface area contributed by atoms with Gasteiger partial charge in [0.05, 0.1) is 5.69 Å². The number of aromatic nitrogens is 1. The molecule has 0 fully saturated rings. The third-order valence-electron chi connectivity index (χ3n) is 4.08. The van der Waals surface area contributed by atoms with Gasteiger partial charge in [-0.2, -0.15) is 0 Å². The van der Waals surface area contributed by atoms with Crippen LogP contribution in [0.4, 0.5) is 0 Å². The Labute approximate surface area is 169 Å². The molecule has 6 nitrogen and oxygen atoms in total. The van der Waals surface area contributed by atoms with E-state index in [-0.39, 0.29) is 19.2 Å². The molecule has 0 saturated heterocycles. The molecule has 4 rings (SSSR count). The summed E-state index contributed by atoms with van der Waals surface area (Å²) in [6.45, 7) is 1.48. The first-order chi connectivity index (χ1) is 13.5. The number of halogens is 1. The predicted octanol–water partition coefficient (Wildman–Crippen LogP) is 4.54. The average molecular weight is 416 g/mol. The fraction of sp³-hybridized carbons (Fsp3) is 0.150. The highest BCUT2D eigenvalue weighted by molar-refractivity contribution is 7.17. The summed E-state index contributed by atoms with van der Waals surface area (Å²) >= 11 is 7.21. The molecule has 1 aliphatic rings. The van der Waals surface area contributed by atoms with Crippen LogP contribution in [0.15, 0.2) is 42.5 Å². The van der Waals surface area contributed by atoms with Crippen molar-refractivity contribution in [1.82, 2.24) is 4.98 Å². The van der Waals surface area contributed by atoms with Crippen LogP contribution in [-0.2, 0) is 4.74 Å². The van der Waals surface area contributed by atoms with Crippen LogP contribution in [-0.4, -0.2) is 30.1 Å². The summed E-state index contributed by atoms with van der Waals surface area (Å²) in [5.74, 6) is 0.172. The molecule has 28 heavy (non-hydrogen) atoms. The number of esters is 1. The van der Waals surface area contributed by atoms with Crippen molar-refractivity contribution in [3.05, 3.63) is 63.6 Å². The molecule has 2 heterocycles. The van der Waals surface area contributed by atoms with Crippen LogP contribution in [0, 0.1) is 6.92 Å². The third-order valence-corrected chi connectivity index (χ3v) is 5.50. The average Bonchev–Trinajstić information content (AvgIpc) is 3.31. The van der Waals surface area contributed by atoms with E-state index in [2.05, 4.69) is 4.98 Å². The molecular weight excluding hydrogens is 402 g/mol. The lowest BCUT2D eigenvalue weighted by Gasteiger charge is -2.04. The van der Waals surface area contributed by atoms with Gasteiger partial charge in [0.2, 0.25) is 6.79 Å². The Balaban J connectivity index is 1.45. The van der Waals surface area contributed by atoms with Gasteiger partial charge in [-0.05, 0) is 37.3 Å². The fourth-order valence-corrected chi connectivity index (χ4v) is 3.83. The summed E-state index contributed by atoms with van der Waals surface area (Å²) < 4.78 is 15.7. The summed E-state index contributed by atoms with van der Waals surface area (Å²) in [4.78, 5) is 29.5. The van der Waals surface area contributed by atoms with Gasteiger partial charge in [0, 0.05) is 16.1 Å². The predicted molar refractivity (Wildman–Crippen MR) is 104 cm³/mol. The summed E-state index contributed by atoms with van der Waals surface area (Å²) in [5.41, 5.74) is 1.74. The van der Waals surface area contributed by atoms with Crippen LogP contribution >= 0.6 is 22.9 Å². The van der Waals surface area contributed by atoms with Gasteiger partial charge in [0.1, 0.15) is 9.88 Å². The molecule has 0 radical (unpaired) electrons. The highest BCUT2D eigenvalue weighted by Crippen LogP contribution is 2.33. The molecule has 0 saturated carbocycles. The summed E-state index contributed by atoms with van der Waals surface area (Å²) in [6, 6.07) is 12.1. The van der Waals surface area contributed by atoms with Crippen LogP contribution < -0.4 is 9.47 Å². The zero-order valence-electron chi connectivity index (χ0n) is 14.7. The van der Waals surface area contributed by atoms with Gasteiger partial charge in [-0.15, -0.1) is 11.3 Å². The third kappa shape index (κ3) is 3.72. The number of carbonyl (C=O) groups is 2. The van der Waals surface area contributed by atoms with E-state index in [1.54, 1.807) is 37.3 Å².